The molecule has 0 spiro atoms. The molecule has 2 heterocycles. The van der Waals surface area contributed by atoms with Crippen LogP contribution < -0.4 is 5.32 Å². The van der Waals surface area contributed by atoms with Gasteiger partial charge in [0.25, 0.3) is 5.91 Å². The Balaban J connectivity index is 1.91. The first-order valence-corrected chi connectivity index (χ1v) is 7.06. The van der Waals surface area contributed by atoms with Gasteiger partial charge in [-0.15, -0.1) is 0 Å². The van der Waals surface area contributed by atoms with E-state index in [0.717, 1.165) is 17.5 Å². The first-order valence-electron chi connectivity index (χ1n) is 7.06. The Bertz CT molecular complexity index is 869. The summed E-state index contributed by atoms with van der Waals surface area (Å²) in [5.41, 5.74) is 0.397. The fraction of sp³-hybridized carbons (Fsp3) is 0.188. The van der Waals surface area contributed by atoms with Gasteiger partial charge in [0.1, 0.15) is 17.2 Å². The standard InChI is InChI=1S/C16H14F2N4O/c1-9(2)22-15-10(7-20-22)6-11(8-19-15)21-16(23)14-12(17)4-3-5-13(14)18/h3-9H,1-2H3,(H,21,23). The number of nitrogens with zero attached hydrogens (tertiary/aromatic N) is 3. The van der Waals surface area contributed by atoms with Gasteiger partial charge < -0.3 is 5.32 Å². The minimum Gasteiger partial charge on any atom is -0.320 e. The van der Waals surface area contributed by atoms with Crippen LogP contribution in [0, 0.1) is 11.6 Å². The fourth-order valence-corrected chi connectivity index (χ4v) is 2.29. The zero-order valence-electron chi connectivity index (χ0n) is 12.5. The number of fused-ring (bicyclic) bond motifs is 1. The predicted octanol–water partition coefficient (Wildman–Crippen LogP) is 3.54. The van der Waals surface area contributed by atoms with Gasteiger partial charge in [0.15, 0.2) is 5.65 Å². The number of carbonyl (C=O) groups excluding carboxylic acids is 1. The van der Waals surface area contributed by atoms with E-state index in [9.17, 15) is 13.6 Å². The average molecular weight is 316 g/mol. The molecule has 3 rings (SSSR count). The molecule has 0 saturated heterocycles. The van der Waals surface area contributed by atoms with Crippen LogP contribution in [0.3, 0.4) is 0 Å². The minimum atomic E-state index is -0.913. The van der Waals surface area contributed by atoms with Crippen LogP contribution in [0.5, 0.6) is 0 Å². The highest BCUT2D eigenvalue weighted by atomic mass is 19.1. The van der Waals surface area contributed by atoms with Gasteiger partial charge in [-0.1, -0.05) is 6.07 Å². The molecule has 3 aromatic rings. The fourth-order valence-electron chi connectivity index (χ4n) is 2.29. The molecule has 1 amide bonds. The molecule has 0 saturated carbocycles. The van der Waals surface area contributed by atoms with Crippen LogP contribution in [0.4, 0.5) is 14.5 Å². The second kappa shape index (κ2) is 5.75. The van der Waals surface area contributed by atoms with E-state index in [1.165, 1.54) is 12.3 Å². The van der Waals surface area contributed by atoms with Crippen molar-refractivity contribution in [2.45, 2.75) is 19.9 Å². The van der Waals surface area contributed by atoms with Gasteiger partial charge in [0.05, 0.1) is 18.1 Å². The minimum absolute atomic E-state index is 0.146. The maximum atomic E-state index is 13.6. The highest BCUT2D eigenvalue weighted by Crippen LogP contribution is 2.20. The van der Waals surface area contributed by atoms with Crippen molar-refractivity contribution >= 4 is 22.6 Å². The molecule has 0 atom stereocenters. The van der Waals surface area contributed by atoms with Gasteiger partial charge in [-0.2, -0.15) is 5.10 Å². The molecule has 0 aliphatic carbocycles. The van der Waals surface area contributed by atoms with E-state index >= 15 is 0 Å². The summed E-state index contributed by atoms with van der Waals surface area (Å²) in [5, 5.41) is 7.40. The Morgan fingerprint density at radius 3 is 2.57 bits per heavy atom. The topological polar surface area (TPSA) is 59.8 Å². The monoisotopic (exact) mass is 316 g/mol. The molecular weight excluding hydrogens is 302 g/mol. The van der Waals surface area contributed by atoms with Gasteiger partial charge >= 0.3 is 0 Å². The van der Waals surface area contributed by atoms with Crippen molar-refractivity contribution in [3.8, 4) is 0 Å². The van der Waals surface area contributed by atoms with E-state index in [1.54, 1.807) is 16.9 Å². The van der Waals surface area contributed by atoms with Crippen LogP contribution in [-0.2, 0) is 0 Å². The van der Waals surface area contributed by atoms with Crippen molar-refractivity contribution in [1.82, 2.24) is 14.8 Å². The molecule has 0 unspecified atom stereocenters. The number of pyridine rings is 1. The number of benzene rings is 1. The van der Waals surface area contributed by atoms with Crippen LogP contribution in [0.25, 0.3) is 11.0 Å². The highest BCUT2D eigenvalue weighted by Gasteiger charge is 2.17. The lowest BCUT2D eigenvalue weighted by atomic mass is 10.2. The molecule has 0 aliphatic heterocycles. The van der Waals surface area contributed by atoms with Crippen LogP contribution in [0.15, 0.2) is 36.7 Å². The molecule has 5 nitrogen and oxygen atoms in total. The van der Waals surface area contributed by atoms with E-state index in [0.29, 0.717) is 11.3 Å². The van der Waals surface area contributed by atoms with E-state index < -0.39 is 23.1 Å². The van der Waals surface area contributed by atoms with Crippen molar-refractivity contribution in [2.24, 2.45) is 0 Å². The van der Waals surface area contributed by atoms with Crippen LogP contribution >= 0.6 is 0 Å². The predicted molar refractivity (Wildman–Crippen MR) is 82.2 cm³/mol. The Kier molecular flexibility index (Phi) is 3.77. The number of rotatable bonds is 3. The number of hydrogen-bond donors (Lipinski definition) is 1. The number of halogens is 2. The summed E-state index contributed by atoms with van der Waals surface area (Å²) in [6, 6.07) is 5.08. The Morgan fingerprint density at radius 2 is 1.91 bits per heavy atom. The molecule has 0 fully saturated rings. The number of hydrogen-bond acceptors (Lipinski definition) is 3. The average Bonchev–Trinajstić information content (AvgIpc) is 2.90. The lowest BCUT2D eigenvalue weighted by Crippen LogP contribution is -2.16. The lowest BCUT2D eigenvalue weighted by molar-refractivity contribution is 0.101. The lowest BCUT2D eigenvalue weighted by Gasteiger charge is -2.08. The molecular formula is C16H14F2N4O. The molecule has 0 bridgehead atoms. The summed E-state index contributed by atoms with van der Waals surface area (Å²) in [6.07, 6.45) is 3.06. The Hall–Kier alpha value is -2.83. The van der Waals surface area contributed by atoms with Crippen molar-refractivity contribution in [3.63, 3.8) is 0 Å². The highest BCUT2D eigenvalue weighted by molar-refractivity contribution is 6.05. The first kappa shape index (κ1) is 15.1. The van der Waals surface area contributed by atoms with Crippen LogP contribution in [0.1, 0.15) is 30.2 Å². The number of amides is 1. The molecule has 7 heteroatoms. The van der Waals surface area contributed by atoms with Gasteiger partial charge in [-0.05, 0) is 32.0 Å². The number of nitrogens with one attached hydrogen (secondary N) is 1. The Labute approximate surface area is 130 Å². The van der Waals surface area contributed by atoms with E-state index in [2.05, 4.69) is 15.4 Å². The van der Waals surface area contributed by atoms with Crippen LogP contribution in [-0.4, -0.2) is 20.7 Å². The summed E-state index contributed by atoms with van der Waals surface area (Å²) < 4.78 is 29.0. The molecule has 1 aromatic carbocycles. The normalized spacial score (nSPS) is 11.2. The first-order chi connectivity index (χ1) is 11.0. The maximum absolute atomic E-state index is 13.6. The smallest absolute Gasteiger partial charge is 0.261 e. The number of anilines is 1. The third-order valence-corrected chi connectivity index (χ3v) is 3.37. The van der Waals surface area contributed by atoms with Gasteiger partial charge in [0.2, 0.25) is 0 Å². The van der Waals surface area contributed by atoms with Crippen molar-refractivity contribution in [2.75, 3.05) is 5.32 Å². The summed E-state index contributed by atoms with van der Waals surface area (Å²) >= 11 is 0. The van der Waals surface area contributed by atoms with Crippen LogP contribution in [0.2, 0.25) is 0 Å². The third-order valence-electron chi connectivity index (χ3n) is 3.37. The van der Waals surface area contributed by atoms with E-state index in [1.807, 2.05) is 13.8 Å². The molecule has 1 N–H and O–H groups in total. The SMILES string of the molecule is CC(C)n1ncc2cc(NC(=O)c3c(F)cccc3F)cnc21. The molecule has 118 valence electrons. The zero-order chi connectivity index (χ0) is 16.6. The van der Waals surface area contributed by atoms with Crippen molar-refractivity contribution in [1.29, 1.82) is 0 Å². The number of carbonyl (C=O) groups is 1. The zero-order valence-corrected chi connectivity index (χ0v) is 12.5. The molecule has 23 heavy (non-hydrogen) atoms. The van der Waals surface area contributed by atoms with Crippen molar-refractivity contribution in [3.05, 3.63) is 53.9 Å². The summed E-state index contributed by atoms with van der Waals surface area (Å²) in [7, 11) is 0. The Morgan fingerprint density at radius 1 is 1.22 bits per heavy atom. The van der Waals surface area contributed by atoms with Crippen molar-refractivity contribution < 1.29 is 13.6 Å². The van der Waals surface area contributed by atoms with E-state index in [-0.39, 0.29) is 6.04 Å². The maximum Gasteiger partial charge on any atom is 0.261 e. The third kappa shape index (κ3) is 2.77. The molecule has 0 aliphatic rings. The number of aromatic nitrogens is 3. The second-order valence-corrected chi connectivity index (χ2v) is 5.37. The quantitative estimate of drug-likeness (QED) is 0.804. The summed E-state index contributed by atoms with van der Waals surface area (Å²) in [5.74, 6) is -2.69. The molecule has 0 radical (unpaired) electrons. The van der Waals surface area contributed by atoms with Gasteiger partial charge in [-0.25, -0.2) is 18.4 Å². The summed E-state index contributed by atoms with van der Waals surface area (Å²) in [6.45, 7) is 3.95. The second-order valence-electron chi connectivity index (χ2n) is 5.37. The van der Waals surface area contributed by atoms with Gasteiger partial charge in [-0.3, -0.25) is 4.79 Å². The van der Waals surface area contributed by atoms with E-state index in [4.69, 9.17) is 0 Å². The summed E-state index contributed by atoms with van der Waals surface area (Å²) in [4.78, 5) is 16.3. The van der Waals surface area contributed by atoms with Gasteiger partial charge in [0, 0.05) is 11.4 Å². The molecule has 2 aromatic heterocycles. The largest absolute Gasteiger partial charge is 0.320 e.